The van der Waals surface area contributed by atoms with E-state index in [1.54, 1.807) is 13.0 Å². The molecule has 0 saturated carbocycles. The number of aromatic amines is 1. The molecular formula is C15H15NO2. The minimum atomic E-state index is -0.318. The summed E-state index contributed by atoms with van der Waals surface area (Å²) in [5, 5.41) is 1.17. The lowest BCUT2D eigenvalue weighted by atomic mass is 10.1. The molecule has 0 spiro atoms. The zero-order valence-corrected chi connectivity index (χ0v) is 10.2. The van der Waals surface area contributed by atoms with E-state index in [4.69, 9.17) is 4.74 Å². The molecule has 1 aromatic carbocycles. The summed E-state index contributed by atoms with van der Waals surface area (Å²) < 4.78 is 4.78. The Hall–Kier alpha value is -2.29. The Morgan fingerprint density at radius 3 is 3.00 bits per heavy atom. The van der Waals surface area contributed by atoms with Crippen LogP contribution in [0.5, 0.6) is 0 Å². The van der Waals surface area contributed by atoms with E-state index in [-0.39, 0.29) is 5.97 Å². The Morgan fingerprint density at radius 2 is 2.17 bits per heavy atom. The van der Waals surface area contributed by atoms with Crippen LogP contribution in [-0.4, -0.2) is 17.6 Å². The van der Waals surface area contributed by atoms with Gasteiger partial charge >= 0.3 is 5.97 Å². The Morgan fingerprint density at radius 1 is 1.33 bits per heavy atom. The van der Waals surface area contributed by atoms with Crippen LogP contribution >= 0.6 is 0 Å². The van der Waals surface area contributed by atoms with Gasteiger partial charge in [0.2, 0.25) is 0 Å². The quantitative estimate of drug-likeness (QED) is 0.507. The fraction of sp³-hybridized carbons (Fsp3) is 0.133. The number of esters is 1. The molecule has 0 atom stereocenters. The average molecular weight is 241 g/mol. The van der Waals surface area contributed by atoms with Gasteiger partial charge in [-0.05, 0) is 18.6 Å². The SMILES string of the molecule is CCOC(=O)/C=C/C=C/c1c[nH]c2ccccc12. The van der Waals surface area contributed by atoms with Gasteiger partial charge in [-0.3, -0.25) is 0 Å². The van der Waals surface area contributed by atoms with E-state index in [2.05, 4.69) is 11.1 Å². The highest BCUT2D eigenvalue weighted by molar-refractivity contribution is 5.89. The second kappa shape index (κ2) is 5.87. The zero-order chi connectivity index (χ0) is 12.8. The number of H-pyrrole nitrogens is 1. The van der Waals surface area contributed by atoms with E-state index in [1.165, 1.54) is 11.5 Å². The summed E-state index contributed by atoms with van der Waals surface area (Å²) in [5.41, 5.74) is 2.20. The molecule has 3 nitrogen and oxygen atoms in total. The molecule has 0 saturated heterocycles. The van der Waals surface area contributed by atoms with Crippen LogP contribution in [0.1, 0.15) is 12.5 Å². The Bertz CT molecular complexity index is 593. The number of para-hydroxylation sites is 1. The summed E-state index contributed by atoms with van der Waals surface area (Å²) in [6.45, 7) is 2.18. The van der Waals surface area contributed by atoms with Crippen molar-refractivity contribution in [3.05, 3.63) is 54.3 Å². The number of hydrogen-bond acceptors (Lipinski definition) is 2. The first kappa shape index (κ1) is 12.2. The van der Waals surface area contributed by atoms with Crippen molar-refractivity contribution < 1.29 is 9.53 Å². The van der Waals surface area contributed by atoms with E-state index < -0.39 is 0 Å². The van der Waals surface area contributed by atoms with E-state index in [0.29, 0.717) is 6.61 Å². The number of benzene rings is 1. The maximum atomic E-state index is 11.1. The van der Waals surface area contributed by atoms with Crippen molar-refractivity contribution in [2.24, 2.45) is 0 Å². The Labute approximate surface area is 106 Å². The molecule has 3 heteroatoms. The van der Waals surface area contributed by atoms with Gasteiger partial charge in [0.05, 0.1) is 6.61 Å². The number of carbonyl (C=O) groups excluding carboxylic acids is 1. The summed E-state index contributed by atoms with van der Waals surface area (Å²) in [6.07, 6.45) is 8.81. The highest BCUT2D eigenvalue weighted by Gasteiger charge is 1.97. The molecule has 2 rings (SSSR count). The van der Waals surface area contributed by atoms with Crippen LogP contribution in [0, 0.1) is 0 Å². The first-order chi connectivity index (χ1) is 8.81. The van der Waals surface area contributed by atoms with Crippen molar-refractivity contribution in [3.63, 3.8) is 0 Å². The van der Waals surface area contributed by atoms with Gasteiger partial charge in [0, 0.05) is 23.2 Å². The second-order valence-corrected chi connectivity index (χ2v) is 3.76. The summed E-state index contributed by atoms with van der Waals surface area (Å²) >= 11 is 0. The molecule has 92 valence electrons. The van der Waals surface area contributed by atoms with Crippen molar-refractivity contribution in [3.8, 4) is 0 Å². The van der Waals surface area contributed by atoms with Crippen LogP contribution in [-0.2, 0) is 9.53 Å². The van der Waals surface area contributed by atoms with Crippen molar-refractivity contribution in [1.29, 1.82) is 0 Å². The number of nitrogens with one attached hydrogen (secondary N) is 1. The molecule has 0 aliphatic rings. The molecule has 1 aromatic heterocycles. The van der Waals surface area contributed by atoms with E-state index in [9.17, 15) is 4.79 Å². The van der Waals surface area contributed by atoms with Crippen LogP contribution in [0.3, 0.4) is 0 Å². The second-order valence-electron chi connectivity index (χ2n) is 3.76. The van der Waals surface area contributed by atoms with Gasteiger partial charge in [-0.25, -0.2) is 4.79 Å². The topological polar surface area (TPSA) is 42.1 Å². The number of hydrogen-bond donors (Lipinski definition) is 1. The number of aromatic nitrogens is 1. The van der Waals surface area contributed by atoms with Crippen molar-refractivity contribution in [2.75, 3.05) is 6.61 Å². The molecule has 1 N–H and O–H groups in total. The van der Waals surface area contributed by atoms with E-state index in [1.807, 2.05) is 36.5 Å². The largest absolute Gasteiger partial charge is 0.463 e. The maximum Gasteiger partial charge on any atom is 0.330 e. The fourth-order valence-corrected chi connectivity index (χ4v) is 1.72. The van der Waals surface area contributed by atoms with Crippen LogP contribution in [0.2, 0.25) is 0 Å². The highest BCUT2D eigenvalue weighted by Crippen LogP contribution is 2.18. The maximum absolute atomic E-state index is 11.1. The van der Waals surface area contributed by atoms with Gasteiger partial charge in [0.1, 0.15) is 0 Å². The number of carbonyl (C=O) groups is 1. The minimum absolute atomic E-state index is 0.318. The normalized spacial score (nSPS) is 11.6. The van der Waals surface area contributed by atoms with Crippen LogP contribution < -0.4 is 0 Å². The summed E-state index contributed by atoms with van der Waals surface area (Å²) in [7, 11) is 0. The Balaban J connectivity index is 2.07. The molecular weight excluding hydrogens is 226 g/mol. The lowest BCUT2D eigenvalue weighted by molar-refractivity contribution is -0.137. The molecule has 0 fully saturated rings. The van der Waals surface area contributed by atoms with Gasteiger partial charge in [0.15, 0.2) is 0 Å². The third kappa shape index (κ3) is 2.88. The lowest BCUT2D eigenvalue weighted by Gasteiger charge is -1.92. The third-order valence-corrected chi connectivity index (χ3v) is 2.53. The summed E-state index contributed by atoms with van der Waals surface area (Å²) in [4.78, 5) is 14.3. The molecule has 18 heavy (non-hydrogen) atoms. The van der Waals surface area contributed by atoms with Crippen LogP contribution in [0.15, 0.2) is 48.7 Å². The first-order valence-electron chi connectivity index (χ1n) is 5.89. The third-order valence-electron chi connectivity index (χ3n) is 2.53. The Kier molecular flexibility index (Phi) is 3.97. The molecule has 2 aromatic rings. The van der Waals surface area contributed by atoms with Crippen molar-refractivity contribution >= 4 is 22.9 Å². The van der Waals surface area contributed by atoms with Crippen LogP contribution in [0.4, 0.5) is 0 Å². The monoisotopic (exact) mass is 241 g/mol. The van der Waals surface area contributed by atoms with Gasteiger partial charge in [-0.15, -0.1) is 0 Å². The summed E-state index contributed by atoms with van der Waals surface area (Å²) in [5.74, 6) is -0.318. The van der Waals surface area contributed by atoms with E-state index in [0.717, 1.165) is 11.1 Å². The summed E-state index contributed by atoms with van der Waals surface area (Å²) in [6, 6.07) is 8.08. The number of fused-ring (bicyclic) bond motifs is 1. The molecule has 0 aliphatic carbocycles. The number of rotatable bonds is 4. The highest BCUT2D eigenvalue weighted by atomic mass is 16.5. The van der Waals surface area contributed by atoms with Gasteiger partial charge in [0.25, 0.3) is 0 Å². The average Bonchev–Trinajstić information content (AvgIpc) is 2.78. The lowest BCUT2D eigenvalue weighted by Crippen LogP contribution is -1.98. The van der Waals surface area contributed by atoms with Crippen LogP contribution in [0.25, 0.3) is 17.0 Å². The van der Waals surface area contributed by atoms with Crippen molar-refractivity contribution in [1.82, 2.24) is 4.98 Å². The predicted molar refractivity (Wildman–Crippen MR) is 73.1 cm³/mol. The standard InChI is InChI=1S/C15H15NO2/c1-2-18-15(17)10-6-3-7-12-11-16-14-9-5-4-8-13(12)14/h3-11,16H,2H2,1H3/b7-3+,10-6+. The van der Waals surface area contributed by atoms with E-state index >= 15 is 0 Å². The van der Waals surface area contributed by atoms with Gasteiger partial charge < -0.3 is 9.72 Å². The first-order valence-corrected chi connectivity index (χ1v) is 5.89. The molecule has 0 bridgehead atoms. The fourth-order valence-electron chi connectivity index (χ4n) is 1.72. The molecule has 0 radical (unpaired) electrons. The zero-order valence-electron chi connectivity index (χ0n) is 10.2. The molecule has 0 unspecified atom stereocenters. The minimum Gasteiger partial charge on any atom is -0.463 e. The molecule has 1 heterocycles. The molecule has 0 aliphatic heterocycles. The number of allylic oxidation sites excluding steroid dienone is 2. The van der Waals surface area contributed by atoms with Gasteiger partial charge in [-0.1, -0.05) is 36.4 Å². The smallest absolute Gasteiger partial charge is 0.330 e. The van der Waals surface area contributed by atoms with Crippen molar-refractivity contribution in [2.45, 2.75) is 6.92 Å². The number of ether oxygens (including phenoxy) is 1. The predicted octanol–water partition coefficient (Wildman–Crippen LogP) is 3.30. The van der Waals surface area contributed by atoms with Gasteiger partial charge in [-0.2, -0.15) is 0 Å². The molecule has 0 amide bonds.